The van der Waals surface area contributed by atoms with Crippen LogP contribution in [0, 0.1) is 5.92 Å². The molecule has 0 saturated carbocycles. The first-order valence-electron chi connectivity index (χ1n) is 10.3. The number of rotatable bonds is 9. The van der Waals surface area contributed by atoms with Gasteiger partial charge in [0.25, 0.3) is 11.8 Å². The van der Waals surface area contributed by atoms with Crippen molar-refractivity contribution in [3.05, 3.63) is 63.0 Å². The standard InChI is InChI=1S/C24H25BrN2O4S2/c1-15(2)13-27-23(29)21(33-24(27)32)10-17-9-19(30-3)20(11-18(17)25)31-14-22(28)26-12-16-7-5-4-6-8-16/h4-11,15H,12-14H2,1-3H3,(H,26,28)/b21-10-. The number of amides is 2. The number of thioether (sulfide) groups is 1. The van der Waals surface area contributed by atoms with Crippen LogP contribution >= 0.6 is 39.9 Å². The van der Waals surface area contributed by atoms with Crippen LogP contribution in [0.3, 0.4) is 0 Å². The third-order valence-corrected chi connectivity index (χ3v) is 6.75. The number of ether oxygens (including phenoxy) is 2. The van der Waals surface area contributed by atoms with Gasteiger partial charge in [-0.2, -0.15) is 0 Å². The molecule has 0 bridgehead atoms. The van der Waals surface area contributed by atoms with Gasteiger partial charge in [-0.3, -0.25) is 14.5 Å². The third kappa shape index (κ3) is 6.82. The zero-order chi connectivity index (χ0) is 24.0. The van der Waals surface area contributed by atoms with Crippen molar-refractivity contribution in [1.29, 1.82) is 0 Å². The fraction of sp³-hybridized carbons (Fsp3) is 0.292. The average molecular weight is 550 g/mol. The average Bonchev–Trinajstić information content (AvgIpc) is 3.05. The molecule has 2 aromatic carbocycles. The summed E-state index contributed by atoms with van der Waals surface area (Å²) in [4.78, 5) is 27.1. The van der Waals surface area contributed by atoms with Gasteiger partial charge in [0.15, 0.2) is 18.1 Å². The molecule has 33 heavy (non-hydrogen) atoms. The molecular formula is C24H25BrN2O4S2. The molecule has 3 rings (SSSR count). The Morgan fingerprint density at radius 1 is 1.24 bits per heavy atom. The molecule has 2 aromatic rings. The number of methoxy groups -OCH3 is 1. The van der Waals surface area contributed by atoms with E-state index < -0.39 is 0 Å². The Morgan fingerprint density at radius 3 is 2.64 bits per heavy atom. The SMILES string of the molecule is COc1cc(/C=C2\SC(=S)N(CC(C)C)C2=O)c(Br)cc1OCC(=O)NCc1ccccc1. The summed E-state index contributed by atoms with van der Waals surface area (Å²) in [5, 5.41) is 2.82. The predicted molar refractivity (Wildman–Crippen MR) is 139 cm³/mol. The molecule has 1 aliphatic heterocycles. The van der Waals surface area contributed by atoms with Crippen LogP contribution in [0.25, 0.3) is 6.08 Å². The summed E-state index contributed by atoms with van der Waals surface area (Å²) in [7, 11) is 1.53. The minimum Gasteiger partial charge on any atom is -0.493 e. The van der Waals surface area contributed by atoms with Gasteiger partial charge in [-0.05, 0) is 35.3 Å². The second-order valence-corrected chi connectivity index (χ2v) is 10.3. The molecule has 0 aliphatic carbocycles. The monoisotopic (exact) mass is 548 g/mol. The van der Waals surface area contributed by atoms with Crippen LogP contribution in [0.5, 0.6) is 11.5 Å². The number of nitrogens with one attached hydrogen (secondary N) is 1. The number of carbonyl (C=O) groups excluding carboxylic acids is 2. The van der Waals surface area contributed by atoms with Crippen LogP contribution in [0.15, 0.2) is 51.8 Å². The molecule has 174 valence electrons. The van der Waals surface area contributed by atoms with E-state index in [0.29, 0.717) is 44.2 Å². The topological polar surface area (TPSA) is 67.9 Å². The van der Waals surface area contributed by atoms with Crippen LogP contribution in [0.2, 0.25) is 0 Å². The quantitative estimate of drug-likeness (QED) is 0.351. The molecule has 0 spiro atoms. The predicted octanol–water partition coefficient (Wildman–Crippen LogP) is 5.01. The number of benzene rings is 2. The largest absolute Gasteiger partial charge is 0.493 e. The molecule has 1 fully saturated rings. The van der Waals surface area contributed by atoms with E-state index in [-0.39, 0.29) is 18.4 Å². The molecule has 1 aliphatic rings. The van der Waals surface area contributed by atoms with E-state index in [0.717, 1.165) is 11.1 Å². The summed E-state index contributed by atoms with van der Waals surface area (Å²) in [6, 6.07) is 13.1. The number of hydrogen-bond donors (Lipinski definition) is 1. The van der Waals surface area contributed by atoms with Gasteiger partial charge in [-0.15, -0.1) is 0 Å². The minimum absolute atomic E-state index is 0.0972. The lowest BCUT2D eigenvalue weighted by Crippen LogP contribution is -2.31. The van der Waals surface area contributed by atoms with Crippen molar-refractivity contribution in [3.8, 4) is 11.5 Å². The Balaban J connectivity index is 1.68. The highest BCUT2D eigenvalue weighted by atomic mass is 79.9. The Bertz CT molecular complexity index is 1070. The van der Waals surface area contributed by atoms with E-state index >= 15 is 0 Å². The Labute approximate surface area is 211 Å². The van der Waals surface area contributed by atoms with Gasteiger partial charge in [0.05, 0.1) is 12.0 Å². The third-order valence-electron chi connectivity index (χ3n) is 4.68. The molecule has 6 nitrogen and oxygen atoms in total. The summed E-state index contributed by atoms with van der Waals surface area (Å²) in [5.74, 6) is 0.858. The van der Waals surface area contributed by atoms with Crippen molar-refractivity contribution in [3.63, 3.8) is 0 Å². The van der Waals surface area contributed by atoms with Gasteiger partial charge in [0, 0.05) is 17.6 Å². The van der Waals surface area contributed by atoms with Crippen molar-refractivity contribution in [2.24, 2.45) is 5.92 Å². The van der Waals surface area contributed by atoms with Crippen LogP contribution in [-0.2, 0) is 16.1 Å². The second-order valence-electron chi connectivity index (χ2n) is 7.76. The van der Waals surface area contributed by atoms with Crippen molar-refractivity contribution in [2.45, 2.75) is 20.4 Å². The maximum atomic E-state index is 12.8. The summed E-state index contributed by atoms with van der Waals surface area (Å²) in [6.07, 6.45) is 1.78. The van der Waals surface area contributed by atoms with E-state index in [2.05, 4.69) is 21.2 Å². The summed E-state index contributed by atoms with van der Waals surface area (Å²) in [5.41, 5.74) is 1.76. The summed E-state index contributed by atoms with van der Waals surface area (Å²) < 4.78 is 12.4. The highest BCUT2D eigenvalue weighted by Gasteiger charge is 2.32. The number of halogens is 1. The van der Waals surface area contributed by atoms with Gasteiger partial charge in [-0.1, -0.05) is 84.1 Å². The highest BCUT2D eigenvalue weighted by Crippen LogP contribution is 2.38. The van der Waals surface area contributed by atoms with E-state index in [1.165, 1.54) is 18.9 Å². The lowest BCUT2D eigenvalue weighted by molar-refractivity contribution is -0.123. The summed E-state index contributed by atoms with van der Waals surface area (Å²) in [6.45, 7) is 4.96. The summed E-state index contributed by atoms with van der Waals surface area (Å²) >= 11 is 10.2. The Morgan fingerprint density at radius 2 is 1.97 bits per heavy atom. The van der Waals surface area contributed by atoms with E-state index in [1.54, 1.807) is 23.1 Å². The molecule has 2 amide bonds. The normalized spacial score (nSPS) is 14.8. The molecule has 0 radical (unpaired) electrons. The van der Waals surface area contributed by atoms with Crippen molar-refractivity contribution >= 4 is 62.1 Å². The Hall–Kier alpha value is -2.36. The van der Waals surface area contributed by atoms with Crippen LogP contribution in [0.1, 0.15) is 25.0 Å². The van der Waals surface area contributed by atoms with E-state index in [4.69, 9.17) is 21.7 Å². The number of carbonyl (C=O) groups is 2. The fourth-order valence-corrected chi connectivity index (χ4v) is 4.79. The molecule has 0 atom stereocenters. The molecular weight excluding hydrogens is 524 g/mol. The highest BCUT2D eigenvalue weighted by molar-refractivity contribution is 9.10. The Kier molecular flexibility index (Phi) is 8.94. The van der Waals surface area contributed by atoms with E-state index in [9.17, 15) is 9.59 Å². The van der Waals surface area contributed by atoms with Crippen molar-refractivity contribution in [2.75, 3.05) is 20.3 Å². The second kappa shape index (κ2) is 11.7. The van der Waals surface area contributed by atoms with Crippen molar-refractivity contribution in [1.82, 2.24) is 10.2 Å². The molecule has 1 N–H and O–H groups in total. The first kappa shape index (κ1) is 25.3. The van der Waals surface area contributed by atoms with Gasteiger partial charge in [0.2, 0.25) is 0 Å². The van der Waals surface area contributed by atoms with Crippen LogP contribution in [0.4, 0.5) is 0 Å². The minimum atomic E-state index is -0.241. The molecule has 0 aromatic heterocycles. The van der Waals surface area contributed by atoms with Gasteiger partial charge < -0.3 is 14.8 Å². The van der Waals surface area contributed by atoms with Gasteiger partial charge >= 0.3 is 0 Å². The van der Waals surface area contributed by atoms with Crippen LogP contribution < -0.4 is 14.8 Å². The molecule has 1 saturated heterocycles. The van der Waals surface area contributed by atoms with Crippen LogP contribution in [-0.4, -0.2) is 41.3 Å². The number of thiocarbonyl (C=S) groups is 1. The number of nitrogens with zero attached hydrogens (tertiary/aromatic N) is 1. The molecule has 9 heteroatoms. The zero-order valence-electron chi connectivity index (χ0n) is 18.6. The molecule has 1 heterocycles. The lowest BCUT2D eigenvalue weighted by Gasteiger charge is -2.16. The van der Waals surface area contributed by atoms with E-state index in [1.807, 2.05) is 44.2 Å². The molecule has 0 unspecified atom stereocenters. The number of hydrogen-bond acceptors (Lipinski definition) is 6. The van der Waals surface area contributed by atoms with Crippen molar-refractivity contribution < 1.29 is 19.1 Å². The first-order valence-corrected chi connectivity index (χ1v) is 12.4. The van der Waals surface area contributed by atoms with Gasteiger partial charge in [-0.25, -0.2) is 0 Å². The van der Waals surface area contributed by atoms with Gasteiger partial charge in [0.1, 0.15) is 4.32 Å². The smallest absolute Gasteiger partial charge is 0.266 e. The maximum Gasteiger partial charge on any atom is 0.266 e. The lowest BCUT2D eigenvalue weighted by atomic mass is 10.1. The fourth-order valence-electron chi connectivity index (χ4n) is 3.09. The zero-order valence-corrected chi connectivity index (χ0v) is 21.8. The first-order chi connectivity index (χ1) is 15.8. The maximum absolute atomic E-state index is 12.8.